The van der Waals surface area contributed by atoms with Crippen LogP contribution in [0.4, 0.5) is 0 Å². The summed E-state index contributed by atoms with van der Waals surface area (Å²) in [7, 11) is 9.65. The summed E-state index contributed by atoms with van der Waals surface area (Å²) in [6.45, 7) is 0. The molecule has 0 aromatic heterocycles. The van der Waals surface area contributed by atoms with Crippen LogP contribution in [0.3, 0.4) is 0 Å². The van der Waals surface area contributed by atoms with E-state index in [-0.39, 0.29) is 0 Å². The van der Waals surface area contributed by atoms with Crippen molar-refractivity contribution in [3.8, 4) is 34.5 Å². The van der Waals surface area contributed by atoms with Gasteiger partial charge in [0.1, 0.15) is 0 Å². The Labute approximate surface area is 223 Å². The van der Waals surface area contributed by atoms with Crippen LogP contribution in [-0.4, -0.2) is 42.7 Å². The van der Waals surface area contributed by atoms with E-state index in [0.717, 1.165) is 33.0 Å². The highest BCUT2D eigenvalue weighted by Crippen LogP contribution is 2.40. The van der Waals surface area contributed by atoms with Gasteiger partial charge in [-0.05, 0) is 57.3 Å². The van der Waals surface area contributed by atoms with Crippen molar-refractivity contribution in [2.45, 2.75) is 0 Å². The van der Waals surface area contributed by atoms with Gasteiger partial charge in [-0.2, -0.15) is 0 Å². The van der Waals surface area contributed by atoms with Gasteiger partial charge in [-0.25, -0.2) is 0 Å². The van der Waals surface area contributed by atoms with Gasteiger partial charge in [0.15, 0.2) is 23.0 Å². The molecule has 0 spiro atoms. The molecule has 0 bridgehead atoms. The molecule has 6 nitrogen and oxygen atoms in total. The molecule has 0 fully saturated rings. The van der Waals surface area contributed by atoms with Crippen LogP contribution in [0.25, 0.3) is 35.1 Å². The standard InChI is InChI=1S/C32H32O6/c1-33-27-17-21(18-28(34-2)31(27)37-5)13-15-23-9-7-12-26-24(10-8-11-25(23)26)16-14-22-19-29(35-3)32(38-6)30(20-22)36-4/h7-20H,1-6H3. The summed E-state index contributed by atoms with van der Waals surface area (Å²) >= 11 is 0. The predicted octanol–water partition coefficient (Wildman–Crippen LogP) is 7.23. The lowest BCUT2D eigenvalue weighted by molar-refractivity contribution is 0.324. The van der Waals surface area contributed by atoms with Crippen LogP contribution in [0.15, 0.2) is 60.7 Å². The third-order valence-corrected chi connectivity index (χ3v) is 6.27. The molecule has 0 aliphatic rings. The summed E-state index contributed by atoms with van der Waals surface area (Å²) in [5, 5.41) is 2.28. The number of ether oxygens (including phenoxy) is 6. The summed E-state index contributed by atoms with van der Waals surface area (Å²) in [5.41, 5.74) is 4.07. The Kier molecular flexibility index (Phi) is 8.44. The average molecular weight is 513 g/mol. The zero-order chi connectivity index (χ0) is 27.1. The third kappa shape index (κ3) is 5.39. The van der Waals surface area contributed by atoms with Crippen molar-refractivity contribution in [1.82, 2.24) is 0 Å². The zero-order valence-corrected chi connectivity index (χ0v) is 22.5. The van der Waals surface area contributed by atoms with Crippen molar-refractivity contribution >= 4 is 35.1 Å². The minimum absolute atomic E-state index is 0.570. The van der Waals surface area contributed by atoms with Gasteiger partial charge >= 0.3 is 0 Å². The summed E-state index contributed by atoms with van der Waals surface area (Å²) in [5.74, 6) is 3.60. The van der Waals surface area contributed by atoms with Gasteiger partial charge in [-0.3, -0.25) is 0 Å². The van der Waals surface area contributed by atoms with E-state index in [4.69, 9.17) is 28.4 Å². The highest BCUT2D eigenvalue weighted by atomic mass is 16.5. The van der Waals surface area contributed by atoms with E-state index in [1.54, 1.807) is 42.7 Å². The van der Waals surface area contributed by atoms with Gasteiger partial charge in [-0.1, -0.05) is 60.7 Å². The largest absolute Gasteiger partial charge is 0.493 e. The van der Waals surface area contributed by atoms with Crippen molar-refractivity contribution in [2.75, 3.05) is 42.7 Å². The van der Waals surface area contributed by atoms with E-state index < -0.39 is 0 Å². The van der Waals surface area contributed by atoms with Gasteiger partial charge in [0.05, 0.1) is 42.7 Å². The highest BCUT2D eigenvalue weighted by Gasteiger charge is 2.13. The quantitative estimate of drug-likeness (QED) is 0.209. The van der Waals surface area contributed by atoms with Crippen LogP contribution in [0.1, 0.15) is 22.3 Å². The van der Waals surface area contributed by atoms with Crippen LogP contribution in [0.2, 0.25) is 0 Å². The summed E-state index contributed by atoms with van der Waals surface area (Å²) in [4.78, 5) is 0. The van der Waals surface area contributed by atoms with E-state index in [1.165, 1.54) is 0 Å². The molecule has 0 aliphatic carbocycles. The van der Waals surface area contributed by atoms with E-state index in [0.29, 0.717) is 34.5 Å². The molecule has 4 aromatic carbocycles. The average Bonchev–Trinajstić information content (AvgIpc) is 2.97. The van der Waals surface area contributed by atoms with Crippen LogP contribution in [-0.2, 0) is 0 Å². The van der Waals surface area contributed by atoms with Crippen LogP contribution in [0, 0.1) is 0 Å². The molecule has 4 aromatic rings. The molecule has 0 N–H and O–H groups in total. The van der Waals surface area contributed by atoms with E-state index >= 15 is 0 Å². The first-order valence-electron chi connectivity index (χ1n) is 12.0. The third-order valence-electron chi connectivity index (χ3n) is 6.27. The minimum atomic E-state index is 0.570. The summed E-state index contributed by atoms with van der Waals surface area (Å²) < 4.78 is 32.9. The lowest BCUT2D eigenvalue weighted by atomic mass is 9.98. The topological polar surface area (TPSA) is 55.4 Å². The number of methoxy groups -OCH3 is 6. The molecule has 38 heavy (non-hydrogen) atoms. The van der Waals surface area contributed by atoms with E-state index in [2.05, 4.69) is 48.6 Å². The van der Waals surface area contributed by atoms with E-state index in [1.807, 2.05) is 36.4 Å². The van der Waals surface area contributed by atoms with Crippen LogP contribution in [0.5, 0.6) is 34.5 Å². The molecule has 0 saturated heterocycles. The lowest BCUT2D eigenvalue weighted by Gasteiger charge is -2.13. The summed E-state index contributed by atoms with van der Waals surface area (Å²) in [6, 6.07) is 20.3. The second-order valence-corrected chi connectivity index (χ2v) is 8.37. The molecular weight excluding hydrogens is 480 g/mol. The molecule has 0 radical (unpaired) electrons. The molecular formula is C32H32O6. The second-order valence-electron chi connectivity index (χ2n) is 8.37. The fourth-order valence-electron chi connectivity index (χ4n) is 4.42. The van der Waals surface area contributed by atoms with Crippen molar-refractivity contribution < 1.29 is 28.4 Å². The fraction of sp³-hybridized carbons (Fsp3) is 0.188. The number of benzene rings is 4. The Hall–Kier alpha value is -4.58. The Balaban J connectivity index is 1.70. The fourth-order valence-corrected chi connectivity index (χ4v) is 4.42. The molecule has 196 valence electrons. The Morgan fingerprint density at radius 1 is 0.421 bits per heavy atom. The number of hydrogen-bond acceptors (Lipinski definition) is 6. The first-order chi connectivity index (χ1) is 18.6. The molecule has 4 rings (SSSR count). The number of hydrogen-bond donors (Lipinski definition) is 0. The number of fused-ring (bicyclic) bond motifs is 1. The Morgan fingerprint density at radius 2 is 0.763 bits per heavy atom. The van der Waals surface area contributed by atoms with Crippen LogP contribution >= 0.6 is 0 Å². The Bertz CT molecular complexity index is 1320. The summed E-state index contributed by atoms with van der Waals surface area (Å²) in [6.07, 6.45) is 8.26. The van der Waals surface area contributed by atoms with Gasteiger partial charge < -0.3 is 28.4 Å². The molecule has 0 heterocycles. The lowest BCUT2D eigenvalue weighted by Crippen LogP contribution is -1.95. The smallest absolute Gasteiger partial charge is 0.203 e. The highest BCUT2D eigenvalue weighted by molar-refractivity contribution is 5.98. The maximum absolute atomic E-state index is 5.49. The SMILES string of the molecule is COc1cc(C=Cc2cccc3c(C=Cc4cc(OC)c(OC)c(OC)c4)cccc23)cc(OC)c1OC. The van der Waals surface area contributed by atoms with Crippen molar-refractivity contribution in [3.63, 3.8) is 0 Å². The first-order valence-corrected chi connectivity index (χ1v) is 12.0. The second kappa shape index (κ2) is 12.1. The van der Waals surface area contributed by atoms with Gasteiger partial charge in [0, 0.05) is 0 Å². The van der Waals surface area contributed by atoms with Crippen molar-refractivity contribution in [2.24, 2.45) is 0 Å². The predicted molar refractivity (Wildman–Crippen MR) is 154 cm³/mol. The van der Waals surface area contributed by atoms with Crippen LogP contribution < -0.4 is 28.4 Å². The molecule has 0 saturated carbocycles. The molecule has 6 heteroatoms. The molecule has 0 aliphatic heterocycles. The van der Waals surface area contributed by atoms with Crippen molar-refractivity contribution in [3.05, 3.63) is 82.9 Å². The minimum Gasteiger partial charge on any atom is -0.493 e. The molecule has 0 amide bonds. The molecule has 0 atom stereocenters. The van der Waals surface area contributed by atoms with Gasteiger partial charge in [0.2, 0.25) is 11.5 Å². The monoisotopic (exact) mass is 512 g/mol. The number of rotatable bonds is 10. The maximum atomic E-state index is 5.49. The van der Waals surface area contributed by atoms with E-state index in [9.17, 15) is 0 Å². The van der Waals surface area contributed by atoms with Gasteiger partial charge in [-0.15, -0.1) is 0 Å². The zero-order valence-electron chi connectivity index (χ0n) is 22.5. The Morgan fingerprint density at radius 3 is 1.05 bits per heavy atom. The normalized spacial score (nSPS) is 11.2. The van der Waals surface area contributed by atoms with Crippen molar-refractivity contribution in [1.29, 1.82) is 0 Å². The maximum Gasteiger partial charge on any atom is 0.203 e. The van der Waals surface area contributed by atoms with Gasteiger partial charge in [0.25, 0.3) is 0 Å². The molecule has 0 unspecified atom stereocenters. The first kappa shape index (κ1) is 26.5.